The van der Waals surface area contributed by atoms with Crippen molar-refractivity contribution in [1.82, 2.24) is 10.2 Å². The maximum Gasteiger partial charge on any atom is 0.119 e. The van der Waals surface area contributed by atoms with E-state index in [9.17, 15) is 0 Å². The summed E-state index contributed by atoms with van der Waals surface area (Å²) >= 11 is 0. The third-order valence-electron chi connectivity index (χ3n) is 2.87. The zero-order valence-corrected chi connectivity index (χ0v) is 12.1. The zero-order valence-electron chi connectivity index (χ0n) is 12.1. The minimum atomic E-state index is 0.531. The van der Waals surface area contributed by atoms with Crippen molar-refractivity contribution < 1.29 is 4.74 Å². The molecule has 1 aromatic carbocycles. The van der Waals surface area contributed by atoms with Crippen LogP contribution in [-0.4, -0.2) is 38.2 Å². The summed E-state index contributed by atoms with van der Waals surface area (Å²) in [7, 11) is 4.22. The number of nitrogens with zero attached hydrogens (tertiary/aromatic N) is 1. The maximum atomic E-state index is 5.50. The number of nitrogens with one attached hydrogen (secondary N) is 1. The topological polar surface area (TPSA) is 24.5 Å². The molecule has 1 N–H and O–H groups in total. The van der Waals surface area contributed by atoms with Gasteiger partial charge in [0.25, 0.3) is 0 Å². The summed E-state index contributed by atoms with van der Waals surface area (Å²) in [5.41, 5.74) is 1.28. The van der Waals surface area contributed by atoms with Gasteiger partial charge in [0.05, 0.1) is 6.61 Å². The van der Waals surface area contributed by atoms with Gasteiger partial charge in [-0.25, -0.2) is 0 Å². The summed E-state index contributed by atoms with van der Waals surface area (Å²) in [6, 6.07) is 8.82. The monoisotopic (exact) mass is 250 g/mol. The van der Waals surface area contributed by atoms with Gasteiger partial charge in [0, 0.05) is 12.6 Å². The van der Waals surface area contributed by atoms with Gasteiger partial charge in [-0.1, -0.05) is 12.1 Å². The lowest BCUT2D eigenvalue weighted by Gasteiger charge is -2.17. The van der Waals surface area contributed by atoms with Crippen LogP contribution in [-0.2, 0) is 6.54 Å². The maximum absolute atomic E-state index is 5.50. The third kappa shape index (κ3) is 6.03. The molecule has 0 spiro atoms. The van der Waals surface area contributed by atoms with Crippen LogP contribution in [0.3, 0.4) is 0 Å². The molecule has 102 valence electrons. The average molecular weight is 250 g/mol. The summed E-state index contributed by atoms with van der Waals surface area (Å²) in [4.78, 5) is 2.22. The Morgan fingerprint density at radius 2 is 2.11 bits per heavy atom. The van der Waals surface area contributed by atoms with E-state index in [0.717, 1.165) is 31.9 Å². The molecule has 0 aliphatic heterocycles. The molecule has 0 saturated carbocycles. The van der Waals surface area contributed by atoms with Crippen molar-refractivity contribution in [2.24, 2.45) is 0 Å². The second-order valence-electron chi connectivity index (χ2n) is 4.95. The zero-order chi connectivity index (χ0) is 13.4. The summed E-state index contributed by atoms with van der Waals surface area (Å²) in [6.45, 7) is 6.98. The summed E-state index contributed by atoms with van der Waals surface area (Å²) in [6.07, 6.45) is 1.16. The Morgan fingerprint density at radius 1 is 1.33 bits per heavy atom. The fraction of sp³-hybridized carbons (Fsp3) is 0.600. The quantitative estimate of drug-likeness (QED) is 0.767. The average Bonchev–Trinajstić information content (AvgIpc) is 2.35. The van der Waals surface area contributed by atoms with Gasteiger partial charge in [0.1, 0.15) is 5.75 Å². The van der Waals surface area contributed by atoms with Crippen LogP contribution >= 0.6 is 0 Å². The molecule has 3 heteroatoms. The molecule has 0 aliphatic carbocycles. The second-order valence-corrected chi connectivity index (χ2v) is 4.95. The Labute approximate surface area is 111 Å². The van der Waals surface area contributed by atoms with Crippen molar-refractivity contribution in [2.75, 3.05) is 27.2 Å². The highest BCUT2D eigenvalue weighted by Crippen LogP contribution is 2.13. The van der Waals surface area contributed by atoms with E-state index in [1.54, 1.807) is 0 Å². The Bertz CT molecular complexity index is 339. The molecule has 1 rings (SSSR count). The van der Waals surface area contributed by atoms with E-state index in [1.165, 1.54) is 5.56 Å². The molecule has 1 aromatic rings. The van der Waals surface area contributed by atoms with Gasteiger partial charge in [0.2, 0.25) is 0 Å². The van der Waals surface area contributed by atoms with Crippen LogP contribution in [0, 0.1) is 0 Å². The van der Waals surface area contributed by atoms with E-state index >= 15 is 0 Å². The number of hydrogen-bond donors (Lipinski definition) is 1. The van der Waals surface area contributed by atoms with Crippen LogP contribution < -0.4 is 10.1 Å². The van der Waals surface area contributed by atoms with Gasteiger partial charge in [-0.2, -0.15) is 0 Å². The molecule has 18 heavy (non-hydrogen) atoms. The molecule has 1 atom stereocenters. The third-order valence-corrected chi connectivity index (χ3v) is 2.87. The molecule has 0 aromatic heterocycles. The molecule has 0 heterocycles. The van der Waals surface area contributed by atoms with E-state index < -0.39 is 0 Å². The Kier molecular flexibility index (Phi) is 6.76. The highest BCUT2D eigenvalue weighted by atomic mass is 16.5. The van der Waals surface area contributed by atoms with Gasteiger partial charge in [0.15, 0.2) is 0 Å². The fourth-order valence-corrected chi connectivity index (χ4v) is 1.76. The van der Waals surface area contributed by atoms with Crippen molar-refractivity contribution in [1.29, 1.82) is 0 Å². The van der Waals surface area contributed by atoms with Gasteiger partial charge >= 0.3 is 0 Å². The highest BCUT2D eigenvalue weighted by Gasteiger charge is 2.03. The lowest BCUT2D eigenvalue weighted by molar-refractivity contribution is 0.339. The minimum Gasteiger partial charge on any atom is -0.494 e. The number of rotatable bonds is 8. The number of ether oxygens (including phenoxy) is 1. The van der Waals surface area contributed by atoms with E-state index in [4.69, 9.17) is 4.74 Å². The minimum absolute atomic E-state index is 0.531. The lowest BCUT2D eigenvalue weighted by atomic mass is 10.2. The second kappa shape index (κ2) is 8.11. The van der Waals surface area contributed by atoms with E-state index in [-0.39, 0.29) is 0 Å². The largest absolute Gasteiger partial charge is 0.494 e. The first kappa shape index (κ1) is 15.0. The van der Waals surface area contributed by atoms with Crippen molar-refractivity contribution >= 4 is 0 Å². The highest BCUT2D eigenvalue weighted by molar-refractivity contribution is 5.28. The van der Waals surface area contributed by atoms with Crippen molar-refractivity contribution in [3.8, 4) is 5.75 Å². The predicted octanol–water partition coefficient (Wildman–Crippen LogP) is 2.52. The van der Waals surface area contributed by atoms with Crippen molar-refractivity contribution in [2.45, 2.75) is 32.9 Å². The van der Waals surface area contributed by atoms with Crippen LogP contribution in [0.5, 0.6) is 5.75 Å². The SMILES string of the molecule is CCOc1cccc(CNC(C)CCN(C)C)c1. The molecule has 0 bridgehead atoms. The summed E-state index contributed by atoms with van der Waals surface area (Å²) in [5.74, 6) is 0.956. The van der Waals surface area contributed by atoms with Gasteiger partial charge in [-0.3, -0.25) is 0 Å². The smallest absolute Gasteiger partial charge is 0.119 e. The van der Waals surface area contributed by atoms with Gasteiger partial charge < -0.3 is 15.0 Å². The van der Waals surface area contributed by atoms with Crippen LogP contribution in [0.25, 0.3) is 0 Å². The molecular weight excluding hydrogens is 224 g/mol. The molecular formula is C15H26N2O. The Morgan fingerprint density at radius 3 is 2.78 bits per heavy atom. The summed E-state index contributed by atoms with van der Waals surface area (Å²) in [5, 5.41) is 3.54. The Balaban J connectivity index is 2.35. The van der Waals surface area contributed by atoms with Crippen LogP contribution in [0.15, 0.2) is 24.3 Å². The first-order chi connectivity index (χ1) is 8.61. The van der Waals surface area contributed by atoms with Crippen LogP contribution in [0.4, 0.5) is 0 Å². The van der Waals surface area contributed by atoms with Crippen LogP contribution in [0.2, 0.25) is 0 Å². The summed E-state index contributed by atoms with van der Waals surface area (Å²) < 4.78 is 5.50. The lowest BCUT2D eigenvalue weighted by Crippen LogP contribution is -2.29. The molecule has 0 radical (unpaired) electrons. The first-order valence-electron chi connectivity index (χ1n) is 6.71. The van der Waals surface area contributed by atoms with E-state index in [2.05, 4.69) is 43.4 Å². The normalized spacial score (nSPS) is 12.7. The standard InChI is InChI=1S/C15H26N2O/c1-5-18-15-8-6-7-14(11-15)12-16-13(2)9-10-17(3)4/h6-8,11,13,16H,5,9-10,12H2,1-4H3. The van der Waals surface area contributed by atoms with E-state index in [0.29, 0.717) is 6.04 Å². The first-order valence-corrected chi connectivity index (χ1v) is 6.71. The molecule has 3 nitrogen and oxygen atoms in total. The molecule has 0 amide bonds. The number of hydrogen-bond acceptors (Lipinski definition) is 3. The van der Waals surface area contributed by atoms with Gasteiger partial charge in [-0.05, 0) is 58.6 Å². The molecule has 1 unspecified atom stereocenters. The van der Waals surface area contributed by atoms with Crippen molar-refractivity contribution in [3.05, 3.63) is 29.8 Å². The van der Waals surface area contributed by atoms with E-state index in [1.807, 2.05) is 19.1 Å². The predicted molar refractivity (Wildman–Crippen MR) is 77.1 cm³/mol. The molecule has 0 saturated heterocycles. The molecule has 0 aliphatic rings. The van der Waals surface area contributed by atoms with Crippen LogP contribution in [0.1, 0.15) is 25.8 Å². The number of benzene rings is 1. The van der Waals surface area contributed by atoms with Gasteiger partial charge in [-0.15, -0.1) is 0 Å². The Hall–Kier alpha value is -1.06. The fourth-order valence-electron chi connectivity index (χ4n) is 1.76. The van der Waals surface area contributed by atoms with Crippen molar-refractivity contribution in [3.63, 3.8) is 0 Å². The molecule has 0 fully saturated rings.